The fourth-order valence-electron chi connectivity index (χ4n) is 2.86. The molecule has 4 rings (SSSR count). The van der Waals surface area contributed by atoms with E-state index >= 15 is 0 Å². The summed E-state index contributed by atoms with van der Waals surface area (Å²) in [5.41, 5.74) is 1.92. The summed E-state index contributed by atoms with van der Waals surface area (Å²) in [7, 11) is 0. The molecule has 7 nitrogen and oxygen atoms in total. The molecule has 0 radical (unpaired) electrons. The number of anilines is 1. The lowest BCUT2D eigenvalue weighted by Gasteiger charge is -2.19. The van der Waals surface area contributed by atoms with Gasteiger partial charge in [0.15, 0.2) is 11.5 Å². The zero-order chi connectivity index (χ0) is 18.1. The molecule has 1 amide bonds. The minimum Gasteiger partial charge on any atom is -0.486 e. The lowest BCUT2D eigenvalue weighted by Crippen LogP contribution is -2.28. The van der Waals surface area contributed by atoms with E-state index in [1.165, 1.54) is 10.9 Å². The van der Waals surface area contributed by atoms with Gasteiger partial charge in [-0.2, -0.15) is 0 Å². The Kier molecular flexibility index (Phi) is 4.04. The summed E-state index contributed by atoms with van der Waals surface area (Å²) in [6.07, 6.45) is 1.39. The van der Waals surface area contributed by atoms with Crippen molar-refractivity contribution in [2.45, 2.75) is 13.5 Å². The van der Waals surface area contributed by atoms with Crippen LogP contribution in [-0.4, -0.2) is 28.7 Å². The predicted octanol–water partition coefficient (Wildman–Crippen LogP) is 2.11. The van der Waals surface area contributed by atoms with Gasteiger partial charge in [0.2, 0.25) is 5.91 Å². The monoisotopic (exact) mass is 351 g/mol. The number of carbonyl (C=O) groups is 1. The Morgan fingerprint density at radius 1 is 1.15 bits per heavy atom. The van der Waals surface area contributed by atoms with Gasteiger partial charge in [0.1, 0.15) is 19.8 Å². The molecular formula is C19H17N3O4. The summed E-state index contributed by atoms with van der Waals surface area (Å²) in [4.78, 5) is 29.1. The number of nitrogens with one attached hydrogen (secondary N) is 1. The van der Waals surface area contributed by atoms with Crippen molar-refractivity contribution in [2.75, 3.05) is 18.5 Å². The van der Waals surface area contributed by atoms with E-state index < -0.39 is 0 Å². The maximum Gasteiger partial charge on any atom is 0.261 e. The highest BCUT2D eigenvalue weighted by atomic mass is 16.6. The van der Waals surface area contributed by atoms with Gasteiger partial charge in [-0.25, -0.2) is 4.98 Å². The number of aromatic nitrogens is 2. The first-order valence-electron chi connectivity index (χ1n) is 8.25. The van der Waals surface area contributed by atoms with Crippen molar-refractivity contribution >= 4 is 22.5 Å². The number of hydrogen-bond donors (Lipinski definition) is 1. The summed E-state index contributed by atoms with van der Waals surface area (Å²) in [6, 6.07) is 10.7. The van der Waals surface area contributed by atoms with E-state index in [2.05, 4.69) is 10.3 Å². The van der Waals surface area contributed by atoms with Gasteiger partial charge < -0.3 is 14.8 Å². The van der Waals surface area contributed by atoms with E-state index in [0.717, 1.165) is 5.56 Å². The Labute approximate surface area is 149 Å². The second-order valence-corrected chi connectivity index (χ2v) is 6.10. The molecule has 0 spiro atoms. The van der Waals surface area contributed by atoms with Crippen LogP contribution >= 0.6 is 0 Å². The molecule has 0 atom stereocenters. The molecule has 0 saturated carbocycles. The van der Waals surface area contributed by atoms with Crippen LogP contribution in [-0.2, 0) is 11.3 Å². The quantitative estimate of drug-likeness (QED) is 0.781. The lowest BCUT2D eigenvalue weighted by atomic mass is 10.2. The number of ether oxygens (including phenoxy) is 2. The van der Waals surface area contributed by atoms with Crippen LogP contribution in [0.5, 0.6) is 11.5 Å². The van der Waals surface area contributed by atoms with Crippen LogP contribution in [0.3, 0.4) is 0 Å². The van der Waals surface area contributed by atoms with Crippen LogP contribution in [0.25, 0.3) is 10.9 Å². The molecule has 1 aromatic heterocycles. The molecule has 1 aliphatic heterocycles. The Hall–Kier alpha value is -3.35. The number of carbonyl (C=O) groups excluding carboxylic acids is 1. The van der Waals surface area contributed by atoms with Crippen LogP contribution in [0, 0.1) is 6.92 Å². The van der Waals surface area contributed by atoms with Gasteiger partial charge in [-0.05, 0) is 31.2 Å². The van der Waals surface area contributed by atoms with E-state index in [-0.39, 0.29) is 18.0 Å². The number of fused-ring (bicyclic) bond motifs is 2. The zero-order valence-corrected chi connectivity index (χ0v) is 14.2. The second kappa shape index (κ2) is 6.51. The molecule has 2 aromatic carbocycles. The SMILES string of the molecule is Cc1ccc2ncn(CC(=O)Nc3ccc4c(c3)OCCO4)c(=O)c2c1. The minimum atomic E-state index is -0.322. The normalized spacial score (nSPS) is 12.8. The van der Waals surface area contributed by atoms with E-state index in [9.17, 15) is 9.59 Å². The summed E-state index contributed by atoms with van der Waals surface area (Å²) in [5, 5.41) is 3.26. The first kappa shape index (κ1) is 16.1. The Bertz CT molecular complexity index is 1060. The van der Waals surface area contributed by atoms with Crippen molar-refractivity contribution in [3.63, 3.8) is 0 Å². The molecule has 0 aliphatic carbocycles. The van der Waals surface area contributed by atoms with Crippen LogP contribution in [0.2, 0.25) is 0 Å². The van der Waals surface area contributed by atoms with Gasteiger partial charge in [0.25, 0.3) is 5.56 Å². The standard InChI is InChI=1S/C19H17N3O4/c1-12-2-4-15-14(8-12)19(24)22(11-20-15)10-18(23)21-13-3-5-16-17(9-13)26-7-6-25-16/h2-5,8-9,11H,6-7,10H2,1H3,(H,21,23). The highest BCUT2D eigenvalue weighted by Crippen LogP contribution is 2.32. The van der Waals surface area contributed by atoms with Crippen LogP contribution in [0.4, 0.5) is 5.69 Å². The maximum absolute atomic E-state index is 12.6. The molecule has 132 valence electrons. The Balaban J connectivity index is 1.54. The van der Waals surface area contributed by atoms with E-state index in [1.54, 1.807) is 30.3 Å². The second-order valence-electron chi connectivity index (χ2n) is 6.10. The first-order chi connectivity index (χ1) is 12.6. The van der Waals surface area contributed by atoms with Gasteiger partial charge in [0, 0.05) is 11.8 Å². The van der Waals surface area contributed by atoms with Crippen molar-refractivity contribution in [1.82, 2.24) is 9.55 Å². The van der Waals surface area contributed by atoms with Crippen molar-refractivity contribution in [2.24, 2.45) is 0 Å². The van der Waals surface area contributed by atoms with Gasteiger partial charge in [-0.3, -0.25) is 14.2 Å². The van der Waals surface area contributed by atoms with E-state index in [1.807, 2.05) is 13.0 Å². The smallest absolute Gasteiger partial charge is 0.261 e. The van der Waals surface area contributed by atoms with Crippen LogP contribution < -0.4 is 20.3 Å². The molecule has 0 saturated heterocycles. The van der Waals surface area contributed by atoms with Crippen molar-refractivity contribution in [1.29, 1.82) is 0 Å². The third-order valence-electron chi connectivity index (χ3n) is 4.12. The Morgan fingerprint density at radius 3 is 2.81 bits per heavy atom. The number of amides is 1. The fourth-order valence-corrected chi connectivity index (χ4v) is 2.86. The number of aryl methyl sites for hydroxylation is 1. The summed E-state index contributed by atoms with van der Waals surface area (Å²) >= 11 is 0. The third-order valence-corrected chi connectivity index (χ3v) is 4.12. The average molecular weight is 351 g/mol. The topological polar surface area (TPSA) is 82.5 Å². The molecule has 0 unspecified atom stereocenters. The first-order valence-corrected chi connectivity index (χ1v) is 8.25. The fraction of sp³-hybridized carbons (Fsp3) is 0.211. The number of benzene rings is 2. The maximum atomic E-state index is 12.6. The van der Waals surface area contributed by atoms with Gasteiger partial charge in [-0.15, -0.1) is 0 Å². The molecule has 0 fully saturated rings. The summed E-state index contributed by atoms with van der Waals surface area (Å²) in [5.74, 6) is 0.922. The third kappa shape index (κ3) is 3.11. The zero-order valence-electron chi connectivity index (χ0n) is 14.2. The highest BCUT2D eigenvalue weighted by molar-refractivity contribution is 5.91. The van der Waals surface area contributed by atoms with Crippen LogP contribution in [0.1, 0.15) is 5.56 Å². The van der Waals surface area contributed by atoms with Gasteiger partial charge >= 0.3 is 0 Å². The predicted molar refractivity (Wildman–Crippen MR) is 96.8 cm³/mol. The largest absolute Gasteiger partial charge is 0.486 e. The number of hydrogen-bond acceptors (Lipinski definition) is 5. The molecule has 1 N–H and O–H groups in total. The summed E-state index contributed by atoms with van der Waals surface area (Å²) in [6.45, 7) is 2.77. The number of nitrogens with zero attached hydrogens (tertiary/aromatic N) is 2. The van der Waals surface area contributed by atoms with E-state index in [4.69, 9.17) is 9.47 Å². The molecular weight excluding hydrogens is 334 g/mol. The summed E-state index contributed by atoms with van der Waals surface area (Å²) < 4.78 is 12.3. The van der Waals surface area contributed by atoms with E-state index in [0.29, 0.717) is 41.3 Å². The molecule has 0 bridgehead atoms. The van der Waals surface area contributed by atoms with Crippen molar-refractivity contribution < 1.29 is 14.3 Å². The minimum absolute atomic E-state index is 0.121. The molecule has 2 heterocycles. The van der Waals surface area contributed by atoms with Gasteiger partial charge in [0.05, 0.1) is 17.2 Å². The van der Waals surface area contributed by atoms with Crippen molar-refractivity contribution in [3.8, 4) is 11.5 Å². The molecule has 7 heteroatoms. The molecule has 26 heavy (non-hydrogen) atoms. The van der Waals surface area contributed by atoms with Crippen molar-refractivity contribution in [3.05, 3.63) is 58.6 Å². The number of rotatable bonds is 3. The molecule has 3 aromatic rings. The lowest BCUT2D eigenvalue weighted by molar-refractivity contribution is -0.116. The van der Waals surface area contributed by atoms with Gasteiger partial charge in [-0.1, -0.05) is 11.6 Å². The average Bonchev–Trinajstić information content (AvgIpc) is 2.64. The molecule has 1 aliphatic rings. The highest BCUT2D eigenvalue weighted by Gasteiger charge is 2.13. The van der Waals surface area contributed by atoms with Crippen LogP contribution in [0.15, 0.2) is 47.5 Å². The Morgan fingerprint density at radius 2 is 1.96 bits per heavy atom.